The molecule has 1 saturated heterocycles. The SMILES string of the molecule is Cn1c(Cn2c(=O)c(N3CC4(C)CC3CC(C)(C)C4)nc3ccccc32)cc(=O)n(C)c1=O. The van der Waals surface area contributed by atoms with Crippen molar-refractivity contribution in [3.8, 4) is 0 Å². The number of anilines is 1. The van der Waals surface area contributed by atoms with Gasteiger partial charge in [0.05, 0.1) is 17.6 Å². The van der Waals surface area contributed by atoms with Gasteiger partial charge in [-0.15, -0.1) is 0 Å². The Labute approximate surface area is 192 Å². The predicted octanol–water partition coefficient (Wildman–Crippen LogP) is 2.25. The fraction of sp³-hybridized carbons (Fsp3) is 0.520. The van der Waals surface area contributed by atoms with Gasteiger partial charge >= 0.3 is 5.69 Å². The van der Waals surface area contributed by atoms with Crippen LogP contribution in [0.15, 0.2) is 44.7 Å². The molecule has 1 aliphatic heterocycles. The van der Waals surface area contributed by atoms with Gasteiger partial charge in [0.25, 0.3) is 11.1 Å². The Kier molecular flexibility index (Phi) is 4.71. The molecule has 2 bridgehead atoms. The highest BCUT2D eigenvalue weighted by atomic mass is 16.2. The molecule has 2 unspecified atom stereocenters. The van der Waals surface area contributed by atoms with E-state index in [9.17, 15) is 14.4 Å². The summed E-state index contributed by atoms with van der Waals surface area (Å²) < 4.78 is 4.14. The molecule has 2 atom stereocenters. The molecular weight excluding hydrogens is 418 g/mol. The zero-order chi connectivity index (χ0) is 23.7. The summed E-state index contributed by atoms with van der Waals surface area (Å²) in [6.45, 7) is 7.87. The molecule has 8 heteroatoms. The average molecular weight is 450 g/mol. The number of hydrogen-bond donors (Lipinski definition) is 0. The van der Waals surface area contributed by atoms with Crippen LogP contribution in [0.1, 0.15) is 45.7 Å². The van der Waals surface area contributed by atoms with Crippen molar-refractivity contribution in [3.05, 3.63) is 67.2 Å². The van der Waals surface area contributed by atoms with E-state index in [4.69, 9.17) is 4.98 Å². The van der Waals surface area contributed by atoms with E-state index in [2.05, 4.69) is 25.7 Å². The first kappa shape index (κ1) is 21.7. The van der Waals surface area contributed by atoms with Gasteiger partial charge in [0.2, 0.25) is 0 Å². The third kappa shape index (κ3) is 3.52. The van der Waals surface area contributed by atoms with E-state index >= 15 is 0 Å². The van der Waals surface area contributed by atoms with Crippen molar-refractivity contribution in [1.29, 1.82) is 0 Å². The summed E-state index contributed by atoms with van der Waals surface area (Å²) in [4.78, 5) is 45.7. The summed E-state index contributed by atoms with van der Waals surface area (Å²) in [6.07, 6.45) is 3.22. The number of rotatable bonds is 3. The lowest BCUT2D eigenvalue weighted by Crippen LogP contribution is -2.40. The first-order valence-electron chi connectivity index (χ1n) is 11.5. The monoisotopic (exact) mass is 449 g/mol. The van der Waals surface area contributed by atoms with Crippen LogP contribution in [0.5, 0.6) is 0 Å². The zero-order valence-corrected chi connectivity index (χ0v) is 20.0. The van der Waals surface area contributed by atoms with Gasteiger partial charge in [-0.1, -0.05) is 32.9 Å². The Hall–Kier alpha value is -3.16. The Bertz CT molecular complexity index is 1450. The van der Waals surface area contributed by atoms with Gasteiger partial charge in [0.15, 0.2) is 5.82 Å². The number of hydrogen-bond acceptors (Lipinski definition) is 5. The lowest BCUT2D eigenvalue weighted by atomic mass is 9.65. The minimum Gasteiger partial charge on any atom is -0.348 e. The predicted molar refractivity (Wildman–Crippen MR) is 129 cm³/mol. The molecule has 1 aliphatic carbocycles. The highest BCUT2D eigenvalue weighted by Crippen LogP contribution is 2.52. The summed E-state index contributed by atoms with van der Waals surface area (Å²) in [5.74, 6) is 0.467. The van der Waals surface area contributed by atoms with Crippen LogP contribution in [0.3, 0.4) is 0 Å². The molecule has 1 saturated carbocycles. The van der Waals surface area contributed by atoms with Crippen LogP contribution in [0, 0.1) is 10.8 Å². The second-order valence-electron chi connectivity index (χ2n) is 11.0. The van der Waals surface area contributed by atoms with Crippen LogP contribution >= 0.6 is 0 Å². The normalized spacial score (nSPS) is 23.9. The number of benzene rings is 1. The molecule has 0 N–H and O–H groups in total. The van der Waals surface area contributed by atoms with Crippen LogP contribution in [0.25, 0.3) is 11.0 Å². The summed E-state index contributed by atoms with van der Waals surface area (Å²) in [5.41, 5.74) is 1.31. The van der Waals surface area contributed by atoms with Crippen LogP contribution < -0.4 is 21.7 Å². The first-order valence-corrected chi connectivity index (χ1v) is 11.5. The van der Waals surface area contributed by atoms with Crippen molar-refractivity contribution in [2.45, 2.75) is 52.6 Å². The first-order chi connectivity index (χ1) is 15.5. The fourth-order valence-electron chi connectivity index (χ4n) is 6.32. The quantitative estimate of drug-likeness (QED) is 0.613. The van der Waals surface area contributed by atoms with Gasteiger partial charge in [-0.3, -0.25) is 23.3 Å². The van der Waals surface area contributed by atoms with Crippen LogP contribution in [0.2, 0.25) is 0 Å². The third-order valence-electron chi connectivity index (χ3n) is 7.47. The maximum atomic E-state index is 13.9. The Balaban J connectivity index is 1.68. The smallest absolute Gasteiger partial charge is 0.330 e. The third-order valence-corrected chi connectivity index (χ3v) is 7.47. The molecule has 174 valence electrons. The van der Waals surface area contributed by atoms with Gasteiger partial charge in [0, 0.05) is 38.4 Å². The Morgan fingerprint density at radius 3 is 2.52 bits per heavy atom. The van der Waals surface area contributed by atoms with Crippen LogP contribution in [-0.4, -0.2) is 31.3 Å². The summed E-state index contributed by atoms with van der Waals surface area (Å²) in [7, 11) is 3.08. The molecule has 1 aromatic carbocycles. The highest BCUT2D eigenvalue weighted by molar-refractivity contribution is 5.76. The number of fused-ring (bicyclic) bond motifs is 3. The van der Waals surface area contributed by atoms with E-state index in [-0.39, 0.29) is 34.5 Å². The Morgan fingerprint density at radius 1 is 1.03 bits per heavy atom. The molecule has 2 fully saturated rings. The summed E-state index contributed by atoms with van der Waals surface area (Å²) in [6, 6.07) is 9.26. The maximum absolute atomic E-state index is 13.9. The topological polar surface area (TPSA) is 82.1 Å². The summed E-state index contributed by atoms with van der Waals surface area (Å²) >= 11 is 0. The van der Waals surface area contributed by atoms with Crippen molar-refractivity contribution in [3.63, 3.8) is 0 Å². The van der Waals surface area contributed by atoms with Crippen LogP contribution in [-0.2, 0) is 20.6 Å². The average Bonchev–Trinajstić information content (AvgIpc) is 3.00. The second kappa shape index (κ2) is 7.17. The molecule has 8 nitrogen and oxygen atoms in total. The van der Waals surface area contributed by atoms with E-state index in [0.29, 0.717) is 17.0 Å². The van der Waals surface area contributed by atoms with Gasteiger partial charge < -0.3 is 4.90 Å². The van der Waals surface area contributed by atoms with Crippen molar-refractivity contribution >= 4 is 16.9 Å². The molecule has 0 spiro atoms. The van der Waals surface area contributed by atoms with Crippen molar-refractivity contribution in [2.75, 3.05) is 11.4 Å². The molecule has 3 aromatic rings. The number of aromatic nitrogens is 4. The van der Waals surface area contributed by atoms with Crippen LogP contribution in [0.4, 0.5) is 5.82 Å². The minimum absolute atomic E-state index is 0.123. The van der Waals surface area contributed by atoms with E-state index in [1.54, 1.807) is 11.6 Å². The molecule has 0 radical (unpaired) electrons. The van der Waals surface area contributed by atoms with Crippen molar-refractivity contribution in [2.24, 2.45) is 24.9 Å². The fourth-order valence-corrected chi connectivity index (χ4v) is 6.32. The molecule has 5 rings (SSSR count). The minimum atomic E-state index is -0.410. The molecule has 33 heavy (non-hydrogen) atoms. The second-order valence-corrected chi connectivity index (χ2v) is 11.0. The molecular formula is C25H31N5O3. The zero-order valence-electron chi connectivity index (χ0n) is 20.0. The molecule has 2 aliphatic rings. The molecule has 0 amide bonds. The van der Waals surface area contributed by atoms with E-state index in [0.717, 1.165) is 35.9 Å². The van der Waals surface area contributed by atoms with Gasteiger partial charge in [0.1, 0.15) is 0 Å². The van der Waals surface area contributed by atoms with Crippen molar-refractivity contribution < 1.29 is 0 Å². The number of nitrogens with zero attached hydrogens (tertiary/aromatic N) is 5. The standard InChI is InChI=1S/C25H31N5O3/c1-24(2)11-17-12-25(3,14-24)15-30(17)21-22(32)29(19-9-7-6-8-18(19)26-21)13-16-10-20(31)28(5)23(33)27(16)4/h6-10,17H,11-15H2,1-5H3. The lowest BCUT2D eigenvalue weighted by molar-refractivity contribution is 0.136. The van der Waals surface area contributed by atoms with Gasteiger partial charge in [-0.2, -0.15) is 0 Å². The molecule has 2 aromatic heterocycles. The Morgan fingerprint density at radius 2 is 1.76 bits per heavy atom. The summed E-state index contributed by atoms with van der Waals surface area (Å²) in [5, 5.41) is 0. The van der Waals surface area contributed by atoms with Crippen molar-refractivity contribution in [1.82, 2.24) is 18.7 Å². The molecule has 3 heterocycles. The maximum Gasteiger partial charge on any atom is 0.330 e. The van der Waals surface area contributed by atoms with Gasteiger partial charge in [-0.25, -0.2) is 9.78 Å². The van der Waals surface area contributed by atoms with E-state index in [1.165, 1.54) is 17.7 Å². The number of para-hydroxylation sites is 2. The van der Waals surface area contributed by atoms with E-state index < -0.39 is 5.69 Å². The largest absolute Gasteiger partial charge is 0.348 e. The highest BCUT2D eigenvalue weighted by Gasteiger charge is 2.50. The van der Waals surface area contributed by atoms with E-state index in [1.807, 2.05) is 24.3 Å². The lowest BCUT2D eigenvalue weighted by Gasteiger charge is -2.39. The van der Waals surface area contributed by atoms with Gasteiger partial charge in [-0.05, 0) is 42.2 Å².